The van der Waals surface area contributed by atoms with Crippen LogP contribution in [0, 0.1) is 0 Å². The summed E-state index contributed by atoms with van der Waals surface area (Å²) >= 11 is 0. The van der Waals surface area contributed by atoms with Crippen molar-refractivity contribution in [3.05, 3.63) is 41.5 Å². The summed E-state index contributed by atoms with van der Waals surface area (Å²) in [7, 11) is 0. The number of benzene rings is 2. The Labute approximate surface area is 122 Å². The van der Waals surface area contributed by atoms with Gasteiger partial charge in [-0.25, -0.2) is 0 Å². The summed E-state index contributed by atoms with van der Waals surface area (Å²) in [6, 6.07) is 5.79. The third kappa shape index (κ3) is 2.30. The number of hydrogen-bond donors (Lipinski definition) is 5. The highest BCUT2D eigenvalue weighted by atomic mass is 16.5. The van der Waals surface area contributed by atoms with Gasteiger partial charge in [0.2, 0.25) is 0 Å². The summed E-state index contributed by atoms with van der Waals surface area (Å²) in [4.78, 5) is 0. The zero-order valence-corrected chi connectivity index (χ0v) is 10.7. The number of hydrogen-bond acceptors (Lipinski definition) is 6. The lowest BCUT2D eigenvalue weighted by molar-refractivity contribution is 0.0197. The van der Waals surface area contributed by atoms with Gasteiger partial charge in [0, 0.05) is 26.8 Å². The zero-order valence-electron chi connectivity index (χ0n) is 12.7. The van der Waals surface area contributed by atoms with Crippen LogP contribution in [0.5, 0.6) is 28.7 Å². The van der Waals surface area contributed by atoms with Crippen LogP contribution in [-0.4, -0.2) is 31.6 Å². The van der Waals surface area contributed by atoms with Gasteiger partial charge in [-0.1, -0.05) is 6.07 Å². The number of rotatable bonds is 1. The molecule has 6 heteroatoms. The van der Waals surface area contributed by atoms with Crippen LogP contribution >= 0.6 is 0 Å². The molecule has 1 aliphatic rings. The second-order valence-electron chi connectivity index (χ2n) is 4.71. The average molecular weight is 292 g/mol. The van der Waals surface area contributed by atoms with Crippen LogP contribution in [0.1, 0.15) is 20.0 Å². The molecule has 0 fully saturated rings. The van der Waals surface area contributed by atoms with Crippen molar-refractivity contribution >= 4 is 0 Å². The normalized spacial score (nSPS) is 24.4. The summed E-state index contributed by atoms with van der Waals surface area (Å²) in [5.74, 6) is -1.77. The molecule has 21 heavy (non-hydrogen) atoms. The molecule has 2 atom stereocenters. The standard InChI is InChI=1S/C15H14O6/c16-8-4-11(18)9-6-13(20)15(21-14(9)5-8)7-1-2-10(17)12(19)3-7/h1-5,13,15-20H,6H2/t13-,15?/m1/s1/i6D2. The molecular weight excluding hydrogens is 276 g/mol. The molecule has 110 valence electrons. The molecule has 0 amide bonds. The second kappa shape index (κ2) is 4.75. The molecule has 5 N–H and O–H groups in total. The van der Waals surface area contributed by atoms with Gasteiger partial charge in [0.15, 0.2) is 11.5 Å². The quantitative estimate of drug-likeness (QED) is 0.510. The largest absolute Gasteiger partial charge is 0.508 e. The first kappa shape index (κ1) is 11.1. The average Bonchev–Trinajstić information content (AvgIpc) is 2.45. The lowest BCUT2D eigenvalue weighted by atomic mass is 9.94. The summed E-state index contributed by atoms with van der Waals surface area (Å²) in [5, 5.41) is 48.7. The van der Waals surface area contributed by atoms with Crippen molar-refractivity contribution in [3.8, 4) is 28.7 Å². The highest BCUT2D eigenvalue weighted by molar-refractivity contribution is 5.52. The maximum atomic E-state index is 10.3. The van der Waals surface area contributed by atoms with Gasteiger partial charge in [0.05, 0.1) is 6.10 Å². The van der Waals surface area contributed by atoms with Crippen LogP contribution < -0.4 is 4.74 Å². The number of ether oxygens (including phenoxy) is 1. The Balaban J connectivity index is 2.13. The van der Waals surface area contributed by atoms with Gasteiger partial charge in [-0.05, 0) is 17.7 Å². The van der Waals surface area contributed by atoms with Crippen LogP contribution in [-0.2, 0) is 6.37 Å². The lowest BCUT2D eigenvalue weighted by Crippen LogP contribution is -2.30. The van der Waals surface area contributed by atoms with Crippen molar-refractivity contribution in [3.63, 3.8) is 0 Å². The van der Waals surface area contributed by atoms with E-state index in [1.54, 1.807) is 0 Å². The highest BCUT2D eigenvalue weighted by Crippen LogP contribution is 2.42. The molecular formula is C15H14O6. The predicted octanol–water partition coefficient (Wildman–Crippen LogP) is 1.55. The van der Waals surface area contributed by atoms with Crippen molar-refractivity contribution < 1.29 is 33.0 Å². The molecule has 0 radical (unpaired) electrons. The fraction of sp³-hybridized carbons (Fsp3) is 0.200. The van der Waals surface area contributed by atoms with Gasteiger partial charge < -0.3 is 30.3 Å². The third-order valence-corrected chi connectivity index (χ3v) is 3.23. The minimum atomic E-state index is -2.36. The van der Waals surface area contributed by atoms with Gasteiger partial charge in [-0.2, -0.15) is 0 Å². The predicted molar refractivity (Wildman–Crippen MR) is 72.6 cm³/mol. The van der Waals surface area contributed by atoms with Crippen LogP contribution in [0.3, 0.4) is 0 Å². The minimum absolute atomic E-state index is 0.115. The van der Waals surface area contributed by atoms with Gasteiger partial charge in [0.1, 0.15) is 23.4 Å². The van der Waals surface area contributed by atoms with Crippen molar-refractivity contribution in [1.82, 2.24) is 0 Å². The van der Waals surface area contributed by atoms with Crippen LogP contribution in [0.25, 0.3) is 0 Å². The summed E-state index contributed by atoms with van der Waals surface area (Å²) < 4.78 is 21.7. The minimum Gasteiger partial charge on any atom is -0.508 e. The molecule has 0 bridgehead atoms. The molecule has 0 aliphatic carbocycles. The zero-order chi connectivity index (χ0) is 16.9. The van der Waals surface area contributed by atoms with E-state index in [-0.39, 0.29) is 28.4 Å². The number of aliphatic hydroxyl groups excluding tert-OH is 1. The summed E-state index contributed by atoms with van der Waals surface area (Å²) in [5.41, 5.74) is -0.0350. The number of fused-ring (bicyclic) bond motifs is 1. The van der Waals surface area contributed by atoms with Gasteiger partial charge in [-0.15, -0.1) is 0 Å². The molecule has 2 aromatic rings. The molecule has 0 spiro atoms. The van der Waals surface area contributed by atoms with E-state index in [0.29, 0.717) is 0 Å². The Morgan fingerprint density at radius 1 is 1.00 bits per heavy atom. The molecule has 1 aliphatic heterocycles. The van der Waals surface area contributed by atoms with Crippen molar-refractivity contribution in [1.29, 1.82) is 0 Å². The Morgan fingerprint density at radius 2 is 1.76 bits per heavy atom. The van der Waals surface area contributed by atoms with E-state index < -0.39 is 30.1 Å². The Bertz CT molecular complexity index is 777. The monoisotopic (exact) mass is 292 g/mol. The van der Waals surface area contributed by atoms with Crippen molar-refractivity contribution in [2.24, 2.45) is 0 Å². The van der Waals surface area contributed by atoms with E-state index in [0.717, 1.165) is 18.2 Å². The number of aliphatic hydroxyl groups is 1. The SMILES string of the molecule is [2H]C1([2H])c2c(O)cc(O)cc2OC(c2ccc(O)c(O)c2)[C@@H]1O. The summed E-state index contributed by atoms with van der Waals surface area (Å²) in [6.45, 7) is 0. The van der Waals surface area contributed by atoms with Gasteiger partial charge in [-0.3, -0.25) is 0 Å². The van der Waals surface area contributed by atoms with E-state index in [1.165, 1.54) is 12.1 Å². The van der Waals surface area contributed by atoms with E-state index in [9.17, 15) is 25.5 Å². The Kier molecular flexibility index (Phi) is 2.51. The first-order valence-corrected chi connectivity index (χ1v) is 6.15. The molecule has 0 saturated heterocycles. The highest BCUT2D eigenvalue weighted by Gasteiger charge is 2.32. The van der Waals surface area contributed by atoms with Crippen LogP contribution in [0.2, 0.25) is 0 Å². The number of phenols is 4. The molecule has 1 heterocycles. The third-order valence-electron chi connectivity index (χ3n) is 3.23. The fourth-order valence-electron chi connectivity index (χ4n) is 2.22. The number of aromatic hydroxyl groups is 4. The maximum absolute atomic E-state index is 10.3. The second-order valence-corrected chi connectivity index (χ2v) is 4.71. The Hall–Kier alpha value is -2.60. The first-order chi connectivity index (χ1) is 10.7. The fourth-order valence-corrected chi connectivity index (χ4v) is 2.22. The Morgan fingerprint density at radius 3 is 2.48 bits per heavy atom. The van der Waals surface area contributed by atoms with Gasteiger partial charge >= 0.3 is 0 Å². The van der Waals surface area contributed by atoms with E-state index in [1.807, 2.05) is 0 Å². The van der Waals surface area contributed by atoms with Gasteiger partial charge in [0.25, 0.3) is 0 Å². The lowest BCUT2D eigenvalue weighted by Gasteiger charge is -2.31. The molecule has 6 nitrogen and oxygen atoms in total. The molecule has 2 aromatic carbocycles. The van der Waals surface area contributed by atoms with Crippen LogP contribution in [0.4, 0.5) is 0 Å². The molecule has 0 saturated carbocycles. The van der Waals surface area contributed by atoms with Crippen LogP contribution in [0.15, 0.2) is 30.3 Å². The maximum Gasteiger partial charge on any atom is 0.157 e. The van der Waals surface area contributed by atoms with Crippen molar-refractivity contribution in [2.45, 2.75) is 18.6 Å². The van der Waals surface area contributed by atoms with Crippen molar-refractivity contribution in [2.75, 3.05) is 0 Å². The summed E-state index contributed by atoms with van der Waals surface area (Å²) in [6.07, 6.45) is -5.25. The first-order valence-electron chi connectivity index (χ1n) is 7.15. The number of phenolic OH excluding ortho intramolecular Hbond substituents is 4. The molecule has 0 aromatic heterocycles. The molecule has 1 unspecified atom stereocenters. The van der Waals surface area contributed by atoms with E-state index in [2.05, 4.69) is 0 Å². The van der Waals surface area contributed by atoms with E-state index in [4.69, 9.17) is 7.48 Å². The van der Waals surface area contributed by atoms with E-state index >= 15 is 0 Å². The smallest absolute Gasteiger partial charge is 0.157 e. The topological polar surface area (TPSA) is 110 Å². The molecule has 3 rings (SSSR count).